The van der Waals surface area contributed by atoms with Gasteiger partial charge in [0.25, 0.3) is 0 Å². The SMILES string of the molecule is CCOc1c(N2CC[C@@H]([C@@H](C)N(C)C)C2)c(F)cc2c(=O)c(OC(=O)O)cn(C3CC3)c12. The summed E-state index contributed by atoms with van der Waals surface area (Å²) in [5.41, 5.74) is 0.206. The lowest BCUT2D eigenvalue weighted by Gasteiger charge is -2.28. The zero-order valence-electron chi connectivity index (χ0n) is 18.9. The quantitative estimate of drug-likeness (QED) is 0.648. The maximum Gasteiger partial charge on any atom is 0.511 e. The number of ether oxygens (including phenoxy) is 2. The second-order valence-corrected chi connectivity index (χ2v) is 8.89. The first-order chi connectivity index (χ1) is 15.2. The van der Waals surface area contributed by atoms with Crippen LogP contribution in [-0.4, -0.2) is 60.6 Å². The second kappa shape index (κ2) is 8.61. The number of anilines is 1. The van der Waals surface area contributed by atoms with Gasteiger partial charge in [-0.2, -0.15) is 0 Å². The molecule has 1 aromatic heterocycles. The molecule has 1 N–H and O–H groups in total. The molecule has 0 bridgehead atoms. The van der Waals surface area contributed by atoms with E-state index in [4.69, 9.17) is 14.6 Å². The molecule has 1 aliphatic heterocycles. The van der Waals surface area contributed by atoms with Crippen molar-refractivity contribution in [3.05, 3.63) is 28.3 Å². The van der Waals surface area contributed by atoms with Gasteiger partial charge in [0.1, 0.15) is 5.69 Å². The van der Waals surface area contributed by atoms with Crippen molar-refractivity contribution in [3.8, 4) is 11.5 Å². The first kappa shape index (κ1) is 22.4. The molecule has 174 valence electrons. The molecule has 8 nitrogen and oxygen atoms in total. The van der Waals surface area contributed by atoms with Gasteiger partial charge in [-0.15, -0.1) is 0 Å². The maximum atomic E-state index is 15.5. The van der Waals surface area contributed by atoms with Gasteiger partial charge in [-0.25, -0.2) is 9.18 Å². The van der Waals surface area contributed by atoms with E-state index in [-0.39, 0.29) is 17.2 Å². The topological polar surface area (TPSA) is 84.2 Å². The summed E-state index contributed by atoms with van der Waals surface area (Å²) in [6, 6.07) is 1.64. The van der Waals surface area contributed by atoms with Crippen LogP contribution < -0.4 is 19.8 Å². The Kier molecular flexibility index (Phi) is 6.03. The molecule has 1 aromatic carbocycles. The van der Waals surface area contributed by atoms with E-state index in [9.17, 15) is 9.59 Å². The number of aromatic nitrogens is 1. The normalized spacial score (nSPS) is 19.6. The van der Waals surface area contributed by atoms with Crippen LogP contribution in [0, 0.1) is 11.7 Å². The molecule has 2 aromatic rings. The van der Waals surface area contributed by atoms with E-state index >= 15 is 4.39 Å². The Morgan fingerprint density at radius 3 is 2.66 bits per heavy atom. The summed E-state index contributed by atoms with van der Waals surface area (Å²) in [4.78, 5) is 28.2. The predicted molar refractivity (Wildman–Crippen MR) is 120 cm³/mol. The Labute approximate surface area is 186 Å². The van der Waals surface area contributed by atoms with Crippen LogP contribution in [-0.2, 0) is 0 Å². The highest BCUT2D eigenvalue weighted by Gasteiger charge is 2.34. The molecule has 2 atom stereocenters. The molecule has 0 radical (unpaired) electrons. The number of rotatable bonds is 7. The minimum absolute atomic E-state index is 0.0674. The van der Waals surface area contributed by atoms with Crippen LogP contribution in [0.3, 0.4) is 0 Å². The fraction of sp³-hybridized carbons (Fsp3) is 0.565. The predicted octanol–water partition coefficient (Wildman–Crippen LogP) is 3.71. The average Bonchev–Trinajstić information content (AvgIpc) is 3.46. The molecule has 4 rings (SSSR count). The van der Waals surface area contributed by atoms with E-state index in [2.05, 4.69) is 11.8 Å². The van der Waals surface area contributed by atoms with Gasteiger partial charge < -0.3 is 28.9 Å². The van der Waals surface area contributed by atoms with E-state index in [1.54, 1.807) is 0 Å². The number of pyridine rings is 1. The summed E-state index contributed by atoms with van der Waals surface area (Å²) in [5.74, 6) is -0.156. The van der Waals surface area contributed by atoms with Gasteiger partial charge in [0.15, 0.2) is 17.3 Å². The number of hydrogen-bond acceptors (Lipinski definition) is 6. The summed E-state index contributed by atoms with van der Waals surface area (Å²) >= 11 is 0. The molecule has 2 heterocycles. The monoisotopic (exact) mass is 447 g/mol. The van der Waals surface area contributed by atoms with Crippen molar-refractivity contribution in [1.29, 1.82) is 0 Å². The van der Waals surface area contributed by atoms with Crippen molar-refractivity contribution in [2.24, 2.45) is 5.92 Å². The lowest BCUT2D eigenvalue weighted by molar-refractivity contribution is 0.143. The van der Waals surface area contributed by atoms with Crippen LogP contribution in [0.1, 0.15) is 39.2 Å². The number of carboxylic acid groups (broad SMARTS) is 1. The fourth-order valence-electron chi connectivity index (χ4n) is 4.61. The molecule has 9 heteroatoms. The van der Waals surface area contributed by atoms with E-state index in [0.717, 1.165) is 19.3 Å². The highest BCUT2D eigenvalue weighted by Crippen LogP contribution is 2.45. The van der Waals surface area contributed by atoms with Crippen molar-refractivity contribution >= 4 is 22.7 Å². The summed E-state index contributed by atoms with van der Waals surface area (Å²) in [6.07, 6.45) is 2.54. The smallest absolute Gasteiger partial charge is 0.489 e. The third kappa shape index (κ3) is 4.01. The lowest BCUT2D eigenvalue weighted by atomic mass is 10.00. The number of benzene rings is 1. The minimum atomic E-state index is -1.58. The van der Waals surface area contributed by atoms with Gasteiger partial charge >= 0.3 is 6.16 Å². The average molecular weight is 448 g/mol. The second-order valence-electron chi connectivity index (χ2n) is 8.89. The maximum absolute atomic E-state index is 15.5. The molecule has 1 saturated heterocycles. The Morgan fingerprint density at radius 2 is 2.06 bits per heavy atom. The highest BCUT2D eigenvalue weighted by atomic mass is 19.1. The third-order valence-corrected chi connectivity index (χ3v) is 6.63. The first-order valence-electron chi connectivity index (χ1n) is 11.1. The van der Waals surface area contributed by atoms with Gasteiger partial charge in [0.05, 0.1) is 23.7 Å². The van der Waals surface area contributed by atoms with Crippen molar-refractivity contribution in [3.63, 3.8) is 0 Å². The Balaban J connectivity index is 1.89. The molecular formula is C23H30FN3O5. The fourth-order valence-corrected chi connectivity index (χ4v) is 4.61. The standard InChI is InChI=1S/C23H30FN3O5/c1-5-31-22-19-16(21(28)18(32-23(29)30)12-27(19)15-6-7-15)10-17(24)20(22)26-9-8-14(11-26)13(2)25(3)4/h10,12-15H,5-9,11H2,1-4H3,(H,29,30)/t13-,14-/m1/s1. The molecule has 0 unspecified atom stereocenters. The van der Waals surface area contributed by atoms with Crippen LogP contribution in [0.5, 0.6) is 11.5 Å². The first-order valence-corrected chi connectivity index (χ1v) is 11.1. The van der Waals surface area contributed by atoms with Crippen LogP contribution in [0.25, 0.3) is 10.9 Å². The molecule has 32 heavy (non-hydrogen) atoms. The van der Waals surface area contributed by atoms with Crippen LogP contribution in [0.15, 0.2) is 17.1 Å². The van der Waals surface area contributed by atoms with Gasteiger partial charge in [0.2, 0.25) is 5.43 Å². The van der Waals surface area contributed by atoms with E-state index < -0.39 is 17.4 Å². The summed E-state index contributed by atoms with van der Waals surface area (Å²) < 4.78 is 28.0. The van der Waals surface area contributed by atoms with Crippen LogP contribution in [0.4, 0.5) is 14.9 Å². The summed E-state index contributed by atoms with van der Waals surface area (Å²) in [7, 11) is 4.08. The molecule has 1 aliphatic carbocycles. The molecular weight excluding hydrogens is 417 g/mol. The van der Waals surface area contributed by atoms with Crippen molar-refractivity contribution in [2.45, 2.75) is 45.2 Å². The van der Waals surface area contributed by atoms with E-state index in [1.807, 2.05) is 30.5 Å². The number of nitrogens with zero attached hydrogens (tertiary/aromatic N) is 3. The number of hydrogen-bond donors (Lipinski definition) is 1. The zero-order valence-corrected chi connectivity index (χ0v) is 18.9. The molecule has 1 saturated carbocycles. The number of halogens is 1. The van der Waals surface area contributed by atoms with Crippen molar-refractivity contribution in [2.75, 3.05) is 38.7 Å². The largest absolute Gasteiger partial charge is 0.511 e. The summed E-state index contributed by atoms with van der Waals surface area (Å²) in [6.45, 7) is 5.68. The zero-order chi connectivity index (χ0) is 23.2. The molecule has 0 spiro atoms. The molecule has 2 fully saturated rings. The summed E-state index contributed by atoms with van der Waals surface area (Å²) in [5, 5.41) is 9.09. The number of fused-ring (bicyclic) bond motifs is 1. The van der Waals surface area contributed by atoms with Crippen molar-refractivity contribution in [1.82, 2.24) is 9.47 Å². The van der Waals surface area contributed by atoms with Crippen LogP contribution in [0.2, 0.25) is 0 Å². The van der Waals surface area contributed by atoms with Gasteiger partial charge in [-0.05, 0) is 59.2 Å². The lowest BCUT2D eigenvalue weighted by Crippen LogP contribution is -2.34. The Bertz CT molecular complexity index is 1100. The third-order valence-electron chi connectivity index (χ3n) is 6.63. The number of carbonyl (C=O) groups is 1. The molecule has 0 amide bonds. The van der Waals surface area contributed by atoms with Crippen LogP contribution >= 0.6 is 0 Å². The highest BCUT2D eigenvalue weighted by molar-refractivity contribution is 5.92. The minimum Gasteiger partial charge on any atom is -0.489 e. The van der Waals surface area contributed by atoms with Gasteiger partial charge in [-0.3, -0.25) is 4.79 Å². The van der Waals surface area contributed by atoms with E-state index in [0.29, 0.717) is 48.6 Å². The Hall–Kier alpha value is -2.81. The van der Waals surface area contributed by atoms with Gasteiger partial charge in [0, 0.05) is 25.2 Å². The van der Waals surface area contributed by atoms with E-state index in [1.165, 1.54) is 12.3 Å². The molecule has 2 aliphatic rings. The van der Waals surface area contributed by atoms with Gasteiger partial charge in [-0.1, -0.05) is 0 Å². The van der Waals surface area contributed by atoms with Crippen molar-refractivity contribution < 1.29 is 23.8 Å². The Morgan fingerprint density at radius 1 is 1.34 bits per heavy atom.